The van der Waals surface area contributed by atoms with Gasteiger partial charge in [-0.2, -0.15) is 0 Å². The van der Waals surface area contributed by atoms with Crippen LogP contribution in [-0.4, -0.2) is 14.5 Å². The number of benzene rings is 6. The molecule has 0 atom stereocenters. The van der Waals surface area contributed by atoms with E-state index in [1.807, 2.05) is 12.3 Å². The Morgan fingerprint density at radius 3 is 2.00 bits per heavy atom. The van der Waals surface area contributed by atoms with Crippen LogP contribution in [0.1, 0.15) is 5.56 Å². The highest BCUT2D eigenvalue weighted by molar-refractivity contribution is 6.19. The Bertz CT molecular complexity index is 2570. The number of aryl methyl sites for hydroxylation is 1. The molecule has 0 saturated heterocycles. The maximum atomic E-state index is 4.59. The topological polar surface area (TPSA) is 33.6 Å². The number of pyridine rings is 1. The molecule has 9 aromatic rings. The summed E-state index contributed by atoms with van der Waals surface area (Å²) in [6.45, 7) is 2.10. The van der Waals surface area contributed by atoms with E-state index in [1.165, 1.54) is 60.4 Å². The van der Waals surface area contributed by atoms with Crippen LogP contribution in [0, 0.1) is 6.92 Å². The number of fused-ring (bicyclic) bond motifs is 5. The molecular formula is C44H31N3. The average molecular weight is 602 g/mol. The summed E-state index contributed by atoms with van der Waals surface area (Å²) in [5.41, 5.74) is 13.9. The fraction of sp³-hybridized carbons (Fsp3) is 0.0227. The summed E-state index contributed by atoms with van der Waals surface area (Å²) < 4.78 is 2.43. The van der Waals surface area contributed by atoms with Gasteiger partial charge in [0.05, 0.1) is 22.4 Å². The number of H-pyrrole nitrogens is 1. The van der Waals surface area contributed by atoms with Gasteiger partial charge in [-0.15, -0.1) is 0 Å². The molecule has 0 unspecified atom stereocenters. The van der Waals surface area contributed by atoms with Gasteiger partial charge in [0.1, 0.15) is 0 Å². The van der Waals surface area contributed by atoms with Crippen molar-refractivity contribution < 1.29 is 0 Å². The standard InChI is InChI=1S/C44H31N3/c1-29-21-22-45-41(23-29)42-26-36(28-46-42)34-16-19-39-40-20-17-35-25-33(32-12-8-11-31(24-32)30-9-4-2-5-10-30)15-18-38(35)44(40)47(43(39)27-34)37-13-6-3-7-14-37/h2-28,46H,1H3. The maximum absolute atomic E-state index is 4.59. The van der Waals surface area contributed by atoms with Crippen LogP contribution in [0.5, 0.6) is 0 Å². The second-order valence-corrected chi connectivity index (χ2v) is 12.3. The van der Waals surface area contributed by atoms with E-state index in [9.17, 15) is 0 Å². The van der Waals surface area contributed by atoms with Gasteiger partial charge in [-0.1, -0.05) is 103 Å². The quantitative estimate of drug-likeness (QED) is 0.209. The number of nitrogens with one attached hydrogen (secondary N) is 1. The fourth-order valence-corrected chi connectivity index (χ4v) is 6.94. The van der Waals surface area contributed by atoms with Crippen molar-refractivity contribution in [2.75, 3.05) is 0 Å². The molecule has 0 fully saturated rings. The first-order valence-corrected chi connectivity index (χ1v) is 16.0. The third-order valence-electron chi connectivity index (χ3n) is 9.27. The third kappa shape index (κ3) is 4.72. The Kier molecular flexibility index (Phi) is 6.36. The molecule has 0 bridgehead atoms. The number of hydrogen-bond donors (Lipinski definition) is 1. The molecule has 0 aliphatic carbocycles. The Morgan fingerprint density at radius 2 is 1.19 bits per heavy atom. The van der Waals surface area contributed by atoms with E-state index >= 15 is 0 Å². The van der Waals surface area contributed by atoms with Crippen molar-refractivity contribution in [2.45, 2.75) is 6.92 Å². The van der Waals surface area contributed by atoms with Gasteiger partial charge in [-0.25, -0.2) is 0 Å². The lowest BCUT2D eigenvalue weighted by molar-refractivity contribution is 1.19. The number of nitrogens with zero attached hydrogens (tertiary/aromatic N) is 2. The van der Waals surface area contributed by atoms with Crippen molar-refractivity contribution in [2.24, 2.45) is 0 Å². The number of hydrogen-bond acceptors (Lipinski definition) is 1. The molecule has 47 heavy (non-hydrogen) atoms. The summed E-state index contributed by atoms with van der Waals surface area (Å²) in [6.07, 6.45) is 3.95. The summed E-state index contributed by atoms with van der Waals surface area (Å²) in [7, 11) is 0. The molecule has 9 rings (SSSR count). The molecule has 222 valence electrons. The van der Waals surface area contributed by atoms with Gasteiger partial charge in [0.2, 0.25) is 0 Å². The van der Waals surface area contributed by atoms with E-state index in [0.29, 0.717) is 0 Å². The Hall–Kier alpha value is -6.19. The molecule has 0 spiro atoms. The third-order valence-corrected chi connectivity index (χ3v) is 9.27. The minimum atomic E-state index is 0.952. The second kappa shape index (κ2) is 11.0. The van der Waals surface area contributed by atoms with Crippen LogP contribution in [-0.2, 0) is 0 Å². The van der Waals surface area contributed by atoms with Crippen LogP contribution in [0.15, 0.2) is 164 Å². The van der Waals surface area contributed by atoms with E-state index in [4.69, 9.17) is 0 Å². The summed E-state index contributed by atoms with van der Waals surface area (Å²) >= 11 is 0. The summed E-state index contributed by atoms with van der Waals surface area (Å²) in [5, 5.41) is 4.95. The van der Waals surface area contributed by atoms with Gasteiger partial charge < -0.3 is 9.55 Å². The number of aromatic amines is 1. The van der Waals surface area contributed by atoms with Crippen LogP contribution in [0.3, 0.4) is 0 Å². The van der Waals surface area contributed by atoms with Crippen molar-refractivity contribution in [3.63, 3.8) is 0 Å². The molecule has 3 nitrogen and oxygen atoms in total. The van der Waals surface area contributed by atoms with Gasteiger partial charge in [0, 0.05) is 34.2 Å². The highest BCUT2D eigenvalue weighted by atomic mass is 15.0. The zero-order valence-corrected chi connectivity index (χ0v) is 26.0. The second-order valence-electron chi connectivity index (χ2n) is 12.3. The first kappa shape index (κ1) is 27.1. The van der Waals surface area contributed by atoms with Gasteiger partial charge in [0.25, 0.3) is 0 Å². The minimum Gasteiger partial charge on any atom is -0.359 e. The van der Waals surface area contributed by atoms with E-state index in [0.717, 1.165) is 28.2 Å². The van der Waals surface area contributed by atoms with Crippen LogP contribution < -0.4 is 0 Å². The molecule has 0 radical (unpaired) electrons. The van der Waals surface area contributed by atoms with E-state index in [1.54, 1.807) is 0 Å². The highest BCUT2D eigenvalue weighted by Gasteiger charge is 2.17. The Balaban J connectivity index is 1.21. The number of para-hydroxylation sites is 1. The Morgan fingerprint density at radius 1 is 0.511 bits per heavy atom. The SMILES string of the molecule is Cc1ccnc(-c2cc(-c3ccc4c5ccc6cc(-c7cccc(-c8ccccc8)c7)ccc6c5n(-c5ccccc5)c4c3)c[nH]2)c1. The average Bonchev–Trinajstić information content (AvgIpc) is 3.76. The number of aromatic nitrogens is 3. The molecule has 3 aromatic heterocycles. The van der Waals surface area contributed by atoms with E-state index in [2.05, 4.69) is 173 Å². The molecule has 3 heterocycles. The first-order valence-electron chi connectivity index (χ1n) is 16.0. The van der Waals surface area contributed by atoms with Gasteiger partial charge in [0.15, 0.2) is 0 Å². The highest BCUT2D eigenvalue weighted by Crippen LogP contribution is 2.40. The molecule has 0 aliphatic rings. The van der Waals surface area contributed by atoms with Crippen LogP contribution in [0.25, 0.3) is 83.0 Å². The normalized spacial score (nSPS) is 11.5. The van der Waals surface area contributed by atoms with E-state index < -0.39 is 0 Å². The van der Waals surface area contributed by atoms with Crippen molar-refractivity contribution in [1.29, 1.82) is 0 Å². The molecule has 1 N–H and O–H groups in total. The smallest absolute Gasteiger partial charge is 0.0867 e. The first-order chi connectivity index (χ1) is 23.2. The van der Waals surface area contributed by atoms with Crippen LogP contribution >= 0.6 is 0 Å². The molecular weight excluding hydrogens is 571 g/mol. The zero-order valence-electron chi connectivity index (χ0n) is 26.0. The molecule has 0 saturated carbocycles. The predicted octanol–water partition coefficient (Wildman–Crippen LogP) is 11.6. The van der Waals surface area contributed by atoms with Crippen molar-refractivity contribution >= 4 is 32.6 Å². The largest absolute Gasteiger partial charge is 0.359 e. The summed E-state index contributed by atoms with van der Waals surface area (Å²) in [4.78, 5) is 8.04. The molecule has 0 amide bonds. The minimum absolute atomic E-state index is 0.952. The Labute approximate surface area is 273 Å². The zero-order chi connectivity index (χ0) is 31.3. The van der Waals surface area contributed by atoms with Gasteiger partial charge in [-0.3, -0.25) is 4.98 Å². The van der Waals surface area contributed by atoms with Crippen molar-refractivity contribution in [3.05, 3.63) is 170 Å². The predicted molar refractivity (Wildman–Crippen MR) is 197 cm³/mol. The van der Waals surface area contributed by atoms with Crippen LogP contribution in [0.2, 0.25) is 0 Å². The fourth-order valence-electron chi connectivity index (χ4n) is 6.94. The molecule has 0 aliphatic heterocycles. The van der Waals surface area contributed by atoms with Crippen molar-refractivity contribution in [3.8, 4) is 50.5 Å². The lowest BCUT2D eigenvalue weighted by Crippen LogP contribution is -1.94. The van der Waals surface area contributed by atoms with Crippen LogP contribution in [0.4, 0.5) is 0 Å². The van der Waals surface area contributed by atoms with Gasteiger partial charge >= 0.3 is 0 Å². The summed E-state index contributed by atoms with van der Waals surface area (Å²) in [5.74, 6) is 0. The summed E-state index contributed by atoms with van der Waals surface area (Å²) in [6, 6.07) is 54.8. The molecule has 3 heteroatoms. The number of rotatable bonds is 5. The maximum Gasteiger partial charge on any atom is 0.0867 e. The van der Waals surface area contributed by atoms with Crippen molar-refractivity contribution in [1.82, 2.24) is 14.5 Å². The monoisotopic (exact) mass is 601 g/mol. The van der Waals surface area contributed by atoms with Gasteiger partial charge in [-0.05, 0) is 99.8 Å². The lowest BCUT2D eigenvalue weighted by atomic mass is 9.96. The van der Waals surface area contributed by atoms with E-state index in [-0.39, 0.29) is 0 Å². The molecule has 6 aromatic carbocycles. The lowest BCUT2D eigenvalue weighted by Gasteiger charge is -2.12.